The molecular formula is C12H15F3N2O. The molecule has 0 spiro atoms. The average Bonchev–Trinajstić information content (AvgIpc) is 2.36. The van der Waals surface area contributed by atoms with E-state index in [4.69, 9.17) is 0 Å². The van der Waals surface area contributed by atoms with Gasteiger partial charge in [0, 0.05) is 12.5 Å². The summed E-state index contributed by atoms with van der Waals surface area (Å²) in [5.74, 6) is -5.13. The summed E-state index contributed by atoms with van der Waals surface area (Å²) in [5.41, 5.74) is -0.359. The number of carbonyl (C=O) groups excluding carboxylic acids is 1. The zero-order valence-electron chi connectivity index (χ0n) is 10.2. The van der Waals surface area contributed by atoms with E-state index in [1.807, 2.05) is 6.92 Å². The van der Waals surface area contributed by atoms with Crippen molar-refractivity contribution < 1.29 is 18.0 Å². The van der Waals surface area contributed by atoms with Gasteiger partial charge < -0.3 is 10.6 Å². The van der Waals surface area contributed by atoms with Gasteiger partial charge in [-0.2, -0.15) is 0 Å². The van der Waals surface area contributed by atoms with Gasteiger partial charge in [-0.1, -0.05) is 13.8 Å². The lowest BCUT2D eigenvalue weighted by atomic mass is 10.1. The van der Waals surface area contributed by atoms with Crippen LogP contribution < -0.4 is 10.6 Å². The van der Waals surface area contributed by atoms with Gasteiger partial charge >= 0.3 is 0 Å². The average molecular weight is 260 g/mol. The summed E-state index contributed by atoms with van der Waals surface area (Å²) in [4.78, 5) is 11.6. The first-order valence-electron chi connectivity index (χ1n) is 5.62. The largest absolute Gasteiger partial charge is 0.323 e. The lowest BCUT2D eigenvalue weighted by Gasteiger charge is -2.13. The lowest BCUT2D eigenvalue weighted by Crippen LogP contribution is -2.30. The third-order valence-corrected chi connectivity index (χ3v) is 2.44. The molecular weight excluding hydrogens is 245 g/mol. The molecule has 1 rings (SSSR count). The summed E-state index contributed by atoms with van der Waals surface area (Å²) in [5, 5.41) is 5.19. The van der Waals surface area contributed by atoms with Crippen LogP contribution in [0.1, 0.15) is 13.8 Å². The highest BCUT2D eigenvalue weighted by atomic mass is 19.2. The minimum atomic E-state index is -1.59. The summed E-state index contributed by atoms with van der Waals surface area (Å²) in [6.45, 7) is 4.67. The maximum Gasteiger partial charge on any atom is 0.228 e. The Balaban J connectivity index is 2.73. The van der Waals surface area contributed by atoms with Gasteiger partial charge in [0.1, 0.15) is 0 Å². The maximum atomic E-state index is 13.3. The van der Waals surface area contributed by atoms with Crippen LogP contribution in [-0.2, 0) is 4.79 Å². The summed E-state index contributed by atoms with van der Waals surface area (Å²) >= 11 is 0. The second kappa shape index (κ2) is 6.39. The van der Waals surface area contributed by atoms with Crippen LogP contribution in [0.25, 0.3) is 0 Å². The van der Waals surface area contributed by atoms with Crippen LogP contribution in [-0.4, -0.2) is 19.0 Å². The Bertz CT molecular complexity index is 438. The maximum absolute atomic E-state index is 13.3. The second-order valence-corrected chi connectivity index (χ2v) is 3.92. The van der Waals surface area contributed by atoms with E-state index in [0.717, 1.165) is 12.1 Å². The first-order chi connectivity index (χ1) is 8.47. The molecule has 0 aromatic heterocycles. The van der Waals surface area contributed by atoms with Gasteiger partial charge in [-0.15, -0.1) is 0 Å². The van der Waals surface area contributed by atoms with Crippen molar-refractivity contribution in [3.8, 4) is 0 Å². The zero-order chi connectivity index (χ0) is 13.7. The van der Waals surface area contributed by atoms with Gasteiger partial charge in [-0.25, -0.2) is 13.2 Å². The Kier molecular flexibility index (Phi) is 5.15. The molecule has 0 fully saturated rings. The van der Waals surface area contributed by atoms with E-state index in [0.29, 0.717) is 13.1 Å². The van der Waals surface area contributed by atoms with E-state index in [1.54, 1.807) is 6.92 Å². The predicted octanol–water partition coefficient (Wildman–Crippen LogP) is 2.29. The van der Waals surface area contributed by atoms with Gasteiger partial charge in [0.15, 0.2) is 17.5 Å². The number of benzene rings is 1. The molecule has 1 aromatic carbocycles. The standard InChI is InChI=1S/C12H15F3N2O/c1-3-16-6-7(2)12(18)17-9-5-4-8(13)10(14)11(9)15/h4-5,7,16H,3,6H2,1-2H3,(H,17,18). The molecule has 1 amide bonds. The molecule has 3 nitrogen and oxygen atoms in total. The van der Waals surface area contributed by atoms with Crippen molar-refractivity contribution in [3.63, 3.8) is 0 Å². The topological polar surface area (TPSA) is 41.1 Å². The summed E-state index contributed by atoms with van der Waals surface area (Å²) in [7, 11) is 0. The summed E-state index contributed by atoms with van der Waals surface area (Å²) < 4.78 is 38.9. The Labute approximate surface area is 103 Å². The predicted molar refractivity (Wildman–Crippen MR) is 62.7 cm³/mol. The highest BCUT2D eigenvalue weighted by Crippen LogP contribution is 2.20. The number of hydrogen-bond donors (Lipinski definition) is 2. The molecule has 1 unspecified atom stereocenters. The van der Waals surface area contributed by atoms with Gasteiger partial charge in [-0.05, 0) is 18.7 Å². The number of amides is 1. The van der Waals surface area contributed by atoms with Crippen LogP contribution in [0.2, 0.25) is 0 Å². The van der Waals surface area contributed by atoms with E-state index in [1.165, 1.54) is 0 Å². The van der Waals surface area contributed by atoms with Crippen LogP contribution >= 0.6 is 0 Å². The molecule has 0 radical (unpaired) electrons. The first kappa shape index (κ1) is 14.5. The quantitative estimate of drug-likeness (QED) is 0.797. The van der Waals surface area contributed by atoms with E-state index >= 15 is 0 Å². The molecule has 0 heterocycles. The SMILES string of the molecule is CCNCC(C)C(=O)Nc1ccc(F)c(F)c1F. The van der Waals surface area contributed by atoms with Crippen molar-refractivity contribution in [2.45, 2.75) is 13.8 Å². The number of rotatable bonds is 5. The first-order valence-corrected chi connectivity index (χ1v) is 5.62. The van der Waals surface area contributed by atoms with Crippen molar-refractivity contribution in [1.82, 2.24) is 5.32 Å². The molecule has 2 N–H and O–H groups in total. The monoisotopic (exact) mass is 260 g/mol. The summed E-state index contributed by atoms with van der Waals surface area (Å²) in [6, 6.07) is 1.76. The highest BCUT2D eigenvalue weighted by molar-refractivity contribution is 5.92. The van der Waals surface area contributed by atoms with E-state index in [-0.39, 0.29) is 5.69 Å². The third-order valence-electron chi connectivity index (χ3n) is 2.44. The molecule has 0 aliphatic carbocycles. The van der Waals surface area contributed by atoms with Crippen molar-refractivity contribution in [2.75, 3.05) is 18.4 Å². The van der Waals surface area contributed by atoms with Crippen molar-refractivity contribution in [1.29, 1.82) is 0 Å². The van der Waals surface area contributed by atoms with E-state index in [2.05, 4.69) is 10.6 Å². The Morgan fingerprint density at radius 1 is 1.28 bits per heavy atom. The minimum absolute atomic E-state index is 0.359. The third kappa shape index (κ3) is 3.46. The molecule has 1 aromatic rings. The molecule has 0 aliphatic rings. The smallest absolute Gasteiger partial charge is 0.228 e. The minimum Gasteiger partial charge on any atom is -0.323 e. The molecule has 0 aliphatic heterocycles. The number of nitrogens with one attached hydrogen (secondary N) is 2. The van der Waals surface area contributed by atoms with Gasteiger partial charge in [0.05, 0.1) is 5.69 Å². The lowest BCUT2D eigenvalue weighted by molar-refractivity contribution is -0.119. The number of anilines is 1. The Morgan fingerprint density at radius 2 is 1.94 bits per heavy atom. The van der Waals surface area contributed by atoms with Crippen LogP contribution in [0.5, 0.6) is 0 Å². The number of hydrogen-bond acceptors (Lipinski definition) is 2. The second-order valence-electron chi connectivity index (χ2n) is 3.92. The molecule has 0 saturated carbocycles. The fraction of sp³-hybridized carbons (Fsp3) is 0.417. The molecule has 6 heteroatoms. The van der Waals surface area contributed by atoms with Crippen LogP contribution in [0.4, 0.5) is 18.9 Å². The van der Waals surface area contributed by atoms with E-state index in [9.17, 15) is 18.0 Å². The fourth-order valence-electron chi connectivity index (χ4n) is 1.33. The Morgan fingerprint density at radius 3 is 2.56 bits per heavy atom. The van der Waals surface area contributed by atoms with Gasteiger partial charge in [0.25, 0.3) is 0 Å². The summed E-state index contributed by atoms with van der Waals surface area (Å²) in [6.07, 6.45) is 0. The van der Waals surface area contributed by atoms with Crippen molar-refractivity contribution in [3.05, 3.63) is 29.6 Å². The number of halogens is 3. The molecule has 0 saturated heterocycles. The highest BCUT2D eigenvalue weighted by Gasteiger charge is 2.18. The molecule has 100 valence electrons. The normalized spacial score (nSPS) is 12.3. The molecule has 18 heavy (non-hydrogen) atoms. The fourth-order valence-corrected chi connectivity index (χ4v) is 1.33. The van der Waals surface area contributed by atoms with Crippen molar-refractivity contribution in [2.24, 2.45) is 5.92 Å². The zero-order valence-corrected chi connectivity index (χ0v) is 10.2. The van der Waals surface area contributed by atoms with Gasteiger partial charge in [-0.3, -0.25) is 4.79 Å². The van der Waals surface area contributed by atoms with Gasteiger partial charge in [0.2, 0.25) is 5.91 Å². The van der Waals surface area contributed by atoms with Crippen molar-refractivity contribution >= 4 is 11.6 Å². The molecule has 0 bridgehead atoms. The van der Waals surface area contributed by atoms with Crippen LogP contribution in [0.3, 0.4) is 0 Å². The Hall–Kier alpha value is -1.56. The van der Waals surface area contributed by atoms with E-state index < -0.39 is 29.3 Å². The number of carbonyl (C=O) groups is 1. The van der Waals surface area contributed by atoms with Crippen LogP contribution in [0, 0.1) is 23.4 Å². The van der Waals surface area contributed by atoms with Crippen LogP contribution in [0.15, 0.2) is 12.1 Å². The molecule has 1 atom stereocenters.